The maximum Gasteiger partial charge on any atom is 0.335 e. The van der Waals surface area contributed by atoms with Gasteiger partial charge in [-0.2, -0.15) is 0 Å². The Morgan fingerprint density at radius 1 is 1.11 bits per heavy atom. The second-order valence-corrected chi connectivity index (χ2v) is 7.43. The number of fused-ring (bicyclic) bond motifs is 1. The molecule has 4 nitrogen and oxygen atoms in total. The first-order chi connectivity index (χ1) is 13.0. The monoisotopic (exact) mass is 364 g/mol. The van der Waals surface area contributed by atoms with Crippen LogP contribution >= 0.6 is 0 Å². The fourth-order valence-corrected chi connectivity index (χ4v) is 3.70. The van der Waals surface area contributed by atoms with Crippen molar-refractivity contribution in [2.75, 3.05) is 20.1 Å². The molecule has 1 aliphatic heterocycles. The summed E-state index contributed by atoms with van der Waals surface area (Å²) in [6.45, 7) is 4.69. The molecule has 2 heterocycles. The highest BCUT2D eigenvalue weighted by molar-refractivity contribution is 5.87. The Hall–Kier alpha value is -2.59. The van der Waals surface area contributed by atoms with Crippen LogP contribution in [0.4, 0.5) is 0 Å². The highest BCUT2D eigenvalue weighted by Gasteiger charge is 2.18. The van der Waals surface area contributed by atoms with Crippen molar-refractivity contribution in [3.63, 3.8) is 0 Å². The first-order valence-electron chi connectivity index (χ1n) is 9.57. The van der Waals surface area contributed by atoms with E-state index in [1.807, 2.05) is 0 Å². The van der Waals surface area contributed by atoms with E-state index in [4.69, 9.17) is 5.11 Å². The normalized spacial score (nSPS) is 15.3. The number of aromatic amines is 1. The summed E-state index contributed by atoms with van der Waals surface area (Å²) in [5.74, 6) is -0.0161. The number of nitrogens with one attached hydrogen (secondary N) is 1. The van der Waals surface area contributed by atoms with E-state index >= 15 is 0 Å². The van der Waals surface area contributed by atoms with Crippen molar-refractivity contribution in [1.82, 2.24) is 9.88 Å². The fourth-order valence-electron chi connectivity index (χ4n) is 3.70. The number of carboxylic acid groups (broad SMARTS) is 1. The molecule has 0 radical (unpaired) electrons. The lowest BCUT2D eigenvalue weighted by Crippen LogP contribution is -2.30. The van der Waals surface area contributed by atoms with Gasteiger partial charge in [0, 0.05) is 17.1 Å². The van der Waals surface area contributed by atoms with E-state index < -0.39 is 5.97 Å². The molecule has 2 N–H and O–H groups in total. The van der Waals surface area contributed by atoms with E-state index in [0.717, 1.165) is 5.92 Å². The summed E-state index contributed by atoms with van der Waals surface area (Å²) in [4.78, 5) is 16.0. The molecule has 3 aromatic rings. The van der Waals surface area contributed by atoms with Crippen molar-refractivity contribution in [3.05, 3.63) is 71.4 Å². The van der Waals surface area contributed by atoms with Gasteiger partial charge in [0.1, 0.15) is 0 Å². The molecule has 27 heavy (non-hydrogen) atoms. The quantitative estimate of drug-likeness (QED) is 0.705. The average molecular weight is 364 g/mol. The molecule has 0 unspecified atom stereocenters. The Kier molecular flexibility index (Phi) is 6.30. The van der Waals surface area contributed by atoms with Crippen LogP contribution in [-0.2, 0) is 6.42 Å². The summed E-state index contributed by atoms with van der Waals surface area (Å²) < 4.78 is 0. The molecule has 0 spiro atoms. The number of carboxylic acids is 1. The molecule has 2 aromatic carbocycles. The molecule has 142 valence electrons. The van der Waals surface area contributed by atoms with E-state index in [1.165, 1.54) is 54.4 Å². The Morgan fingerprint density at radius 2 is 1.81 bits per heavy atom. The molecule has 0 bridgehead atoms. The van der Waals surface area contributed by atoms with Crippen LogP contribution in [0.5, 0.6) is 0 Å². The summed E-state index contributed by atoms with van der Waals surface area (Å²) in [6.07, 6.45) is 5.99. The first kappa shape index (κ1) is 19.2. The lowest BCUT2D eigenvalue weighted by molar-refractivity contribution is 0.0697. The second kappa shape index (κ2) is 8.87. The van der Waals surface area contributed by atoms with Crippen LogP contribution in [0.3, 0.4) is 0 Å². The number of nitrogens with zero attached hydrogens (tertiary/aromatic N) is 1. The molecule has 1 fully saturated rings. The summed E-state index contributed by atoms with van der Waals surface area (Å²) in [5, 5.41) is 9.81. The van der Waals surface area contributed by atoms with Gasteiger partial charge in [-0.15, -0.1) is 0 Å². The Labute approximate surface area is 160 Å². The van der Waals surface area contributed by atoms with Gasteiger partial charge in [-0.3, -0.25) is 0 Å². The van der Waals surface area contributed by atoms with E-state index in [2.05, 4.69) is 48.3 Å². The number of aryl methyl sites for hydroxylation is 1. The van der Waals surface area contributed by atoms with E-state index in [9.17, 15) is 4.79 Å². The molecule has 0 atom stereocenters. The first-order valence-corrected chi connectivity index (χ1v) is 9.57. The molecular weight excluding hydrogens is 336 g/mol. The molecule has 4 heteroatoms. The SMILES string of the molecule is Cc1ccc(CC2CCN(C)CC2)c2cc[nH]c12.O=C(O)c1ccccc1. The number of benzene rings is 2. The number of aromatic nitrogens is 1. The third-order valence-electron chi connectivity index (χ3n) is 5.39. The summed E-state index contributed by atoms with van der Waals surface area (Å²) >= 11 is 0. The zero-order valence-electron chi connectivity index (χ0n) is 16.1. The zero-order valence-corrected chi connectivity index (χ0v) is 16.1. The van der Waals surface area contributed by atoms with Gasteiger partial charge in [-0.25, -0.2) is 4.79 Å². The molecule has 0 amide bonds. The third kappa shape index (κ3) is 4.98. The van der Waals surface area contributed by atoms with Gasteiger partial charge in [-0.1, -0.05) is 30.3 Å². The van der Waals surface area contributed by atoms with Crippen molar-refractivity contribution in [1.29, 1.82) is 0 Å². The second-order valence-electron chi connectivity index (χ2n) is 7.43. The number of hydrogen-bond acceptors (Lipinski definition) is 2. The minimum atomic E-state index is -0.879. The highest BCUT2D eigenvalue weighted by Crippen LogP contribution is 2.27. The summed E-state index contributed by atoms with van der Waals surface area (Å²) in [6, 6.07) is 15.1. The van der Waals surface area contributed by atoms with Crippen molar-refractivity contribution in [3.8, 4) is 0 Å². The topological polar surface area (TPSA) is 56.3 Å². The van der Waals surface area contributed by atoms with Gasteiger partial charge in [0.05, 0.1) is 5.56 Å². The van der Waals surface area contributed by atoms with Crippen LogP contribution in [0.25, 0.3) is 10.9 Å². The average Bonchev–Trinajstić information content (AvgIpc) is 3.18. The summed E-state index contributed by atoms with van der Waals surface area (Å²) in [7, 11) is 2.23. The van der Waals surface area contributed by atoms with Crippen molar-refractivity contribution in [2.24, 2.45) is 5.92 Å². The summed E-state index contributed by atoms with van der Waals surface area (Å²) in [5.41, 5.74) is 4.52. The number of piperidine rings is 1. The van der Waals surface area contributed by atoms with Gasteiger partial charge in [0.2, 0.25) is 0 Å². The highest BCUT2D eigenvalue weighted by atomic mass is 16.4. The predicted molar refractivity (Wildman–Crippen MR) is 110 cm³/mol. The van der Waals surface area contributed by atoms with Gasteiger partial charge in [0.15, 0.2) is 0 Å². The smallest absolute Gasteiger partial charge is 0.335 e. The van der Waals surface area contributed by atoms with Crippen LogP contribution < -0.4 is 0 Å². The fraction of sp³-hybridized carbons (Fsp3) is 0.348. The van der Waals surface area contributed by atoms with E-state index in [1.54, 1.807) is 30.3 Å². The molecule has 1 aromatic heterocycles. The number of likely N-dealkylation sites (tertiary alicyclic amines) is 1. The molecular formula is C23H28N2O2. The van der Waals surface area contributed by atoms with Gasteiger partial charge in [0.25, 0.3) is 0 Å². The molecule has 4 rings (SSSR count). The zero-order chi connectivity index (χ0) is 19.2. The number of H-pyrrole nitrogens is 1. The van der Waals surface area contributed by atoms with Gasteiger partial charge in [-0.05, 0) is 81.6 Å². The minimum absolute atomic E-state index is 0.331. The molecule has 0 aliphatic carbocycles. The third-order valence-corrected chi connectivity index (χ3v) is 5.39. The Bertz CT molecular complexity index is 878. The molecule has 1 aliphatic rings. The minimum Gasteiger partial charge on any atom is -0.478 e. The number of hydrogen-bond donors (Lipinski definition) is 2. The Morgan fingerprint density at radius 3 is 2.44 bits per heavy atom. The van der Waals surface area contributed by atoms with Crippen LogP contribution in [0.15, 0.2) is 54.7 Å². The number of rotatable bonds is 3. The van der Waals surface area contributed by atoms with Crippen LogP contribution in [0.2, 0.25) is 0 Å². The van der Waals surface area contributed by atoms with Crippen LogP contribution in [-0.4, -0.2) is 41.1 Å². The van der Waals surface area contributed by atoms with Crippen molar-refractivity contribution < 1.29 is 9.90 Å². The Balaban J connectivity index is 0.000000197. The lowest BCUT2D eigenvalue weighted by Gasteiger charge is -2.29. The lowest BCUT2D eigenvalue weighted by atomic mass is 9.89. The largest absolute Gasteiger partial charge is 0.478 e. The van der Waals surface area contributed by atoms with Crippen molar-refractivity contribution >= 4 is 16.9 Å². The van der Waals surface area contributed by atoms with Gasteiger partial charge >= 0.3 is 5.97 Å². The predicted octanol–water partition coefficient (Wildman–Crippen LogP) is 4.75. The number of carbonyl (C=O) groups is 1. The standard InChI is InChI=1S/C16H22N2.C7H6O2/c1-12-3-4-14(15-5-8-17-16(12)15)11-13-6-9-18(2)10-7-13;8-7(9)6-4-2-1-3-5-6/h3-5,8,13,17H,6-7,9-11H2,1-2H3;1-5H,(H,8,9). The van der Waals surface area contributed by atoms with Crippen molar-refractivity contribution in [2.45, 2.75) is 26.2 Å². The molecule has 1 saturated heterocycles. The maximum atomic E-state index is 10.2. The number of aromatic carboxylic acids is 1. The van der Waals surface area contributed by atoms with Crippen LogP contribution in [0, 0.1) is 12.8 Å². The molecule has 0 saturated carbocycles. The van der Waals surface area contributed by atoms with E-state index in [-0.39, 0.29) is 0 Å². The van der Waals surface area contributed by atoms with Gasteiger partial charge < -0.3 is 15.0 Å². The van der Waals surface area contributed by atoms with E-state index in [0.29, 0.717) is 5.56 Å². The van der Waals surface area contributed by atoms with Crippen LogP contribution in [0.1, 0.15) is 34.3 Å². The maximum absolute atomic E-state index is 10.2.